The van der Waals surface area contributed by atoms with Gasteiger partial charge in [0.25, 0.3) is 5.91 Å². The van der Waals surface area contributed by atoms with Crippen LogP contribution in [0.25, 0.3) is 22.1 Å². The molecule has 0 aliphatic heterocycles. The third-order valence-corrected chi connectivity index (χ3v) is 6.41. The largest absolute Gasteiger partial charge is 0.451 e. The van der Waals surface area contributed by atoms with Gasteiger partial charge in [0.15, 0.2) is 5.76 Å². The van der Waals surface area contributed by atoms with E-state index in [1.165, 1.54) is 4.90 Å². The lowest BCUT2D eigenvalue weighted by Crippen LogP contribution is -2.50. The van der Waals surface area contributed by atoms with E-state index in [9.17, 15) is 13.6 Å². The van der Waals surface area contributed by atoms with Crippen LogP contribution in [-0.2, 0) is 0 Å². The number of nitrogens with one attached hydrogen (secondary N) is 1. The van der Waals surface area contributed by atoms with E-state index in [0.29, 0.717) is 5.58 Å². The maximum atomic E-state index is 13.4. The lowest BCUT2D eigenvalue weighted by Gasteiger charge is -2.37. The molecule has 0 bridgehead atoms. The third-order valence-electron chi connectivity index (χ3n) is 5.67. The van der Waals surface area contributed by atoms with Gasteiger partial charge in [-0.2, -0.15) is 0 Å². The molecule has 3 aromatic rings. The summed E-state index contributed by atoms with van der Waals surface area (Å²) in [4.78, 5) is 13.9. The molecule has 1 aromatic heterocycles. The van der Waals surface area contributed by atoms with Crippen LogP contribution in [0, 0.1) is 0 Å². The molecule has 29 heavy (non-hydrogen) atoms. The van der Waals surface area contributed by atoms with Gasteiger partial charge in [-0.3, -0.25) is 4.79 Å². The summed E-state index contributed by atoms with van der Waals surface area (Å²) < 4.78 is 32.7. The van der Waals surface area contributed by atoms with Crippen LogP contribution < -0.4 is 5.32 Å². The molecule has 1 amide bonds. The van der Waals surface area contributed by atoms with E-state index < -0.39 is 11.5 Å². The smallest absolute Gasteiger partial charge is 0.287 e. The average molecular weight is 416 g/mol. The highest BCUT2D eigenvalue weighted by atomic mass is 32.2. The first-order chi connectivity index (χ1) is 13.8. The SMILES string of the molecule is CSc1ccc(-c2ccc3cc(C(=O)NC4(C)CCC(F)(F)CC4)oc3c2)cc1. The van der Waals surface area contributed by atoms with Gasteiger partial charge in [-0.1, -0.05) is 24.3 Å². The number of benzene rings is 2. The number of halogens is 2. The number of carbonyl (C=O) groups is 1. The minimum Gasteiger partial charge on any atom is -0.451 e. The van der Waals surface area contributed by atoms with E-state index in [2.05, 4.69) is 29.6 Å². The Labute approximate surface area is 172 Å². The van der Waals surface area contributed by atoms with Gasteiger partial charge in [0.2, 0.25) is 5.92 Å². The van der Waals surface area contributed by atoms with Crippen LogP contribution in [0.4, 0.5) is 8.78 Å². The van der Waals surface area contributed by atoms with Crippen LogP contribution in [0.3, 0.4) is 0 Å². The Hall–Kier alpha value is -2.34. The summed E-state index contributed by atoms with van der Waals surface area (Å²) in [5, 5.41) is 3.73. The summed E-state index contributed by atoms with van der Waals surface area (Å²) >= 11 is 1.69. The normalized spacial score (nSPS) is 17.9. The van der Waals surface area contributed by atoms with Crippen molar-refractivity contribution in [1.29, 1.82) is 0 Å². The Bertz CT molecular complexity index is 1030. The summed E-state index contributed by atoms with van der Waals surface area (Å²) in [5.74, 6) is -2.79. The minimum atomic E-state index is -2.63. The summed E-state index contributed by atoms with van der Waals surface area (Å²) in [6.07, 6.45) is 2.13. The Balaban J connectivity index is 1.53. The zero-order chi connectivity index (χ0) is 20.6. The van der Waals surface area contributed by atoms with Crippen molar-refractivity contribution in [1.82, 2.24) is 5.32 Å². The Kier molecular flexibility index (Phi) is 5.15. The maximum absolute atomic E-state index is 13.4. The lowest BCUT2D eigenvalue weighted by atomic mass is 9.81. The molecule has 4 rings (SSSR count). The van der Waals surface area contributed by atoms with Crippen LogP contribution in [0.2, 0.25) is 0 Å². The Morgan fingerprint density at radius 1 is 1.00 bits per heavy atom. The van der Waals surface area contributed by atoms with Crippen molar-refractivity contribution in [2.24, 2.45) is 0 Å². The van der Waals surface area contributed by atoms with Crippen LogP contribution >= 0.6 is 11.8 Å². The highest BCUT2D eigenvalue weighted by Gasteiger charge is 2.41. The van der Waals surface area contributed by atoms with E-state index in [0.717, 1.165) is 16.5 Å². The van der Waals surface area contributed by atoms with Gasteiger partial charge < -0.3 is 9.73 Å². The highest BCUT2D eigenvalue weighted by molar-refractivity contribution is 7.98. The molecule has 0 saturated heterocycles. The second kappa shape index (κ2) is 7.48. The lowest BCUT2D eigenvalue weighted by molar-refractivity contribution is -0.0523. The molecule has 3 nitrogen and oxygen atoms in total. The minimum absolute atomic E-state index is 0.202. The second-order valence-electron chi connectivity index (χ2n) is 7.96. The fourth-order valence-corrected chi connectivity index (χ4v) is 4.14. The quantitative estimate of drug-likeness (QED) is 0.493. The first-order valence-electron chi connectivity index (χ1n) is 9.65. The van der Waals surface area contributed by atoms with Crippen molar-refractivity contribution >= 4 is 28.6 Å². The van der Waals surface area contributed by atoms with Crippen LogP contribution in [-0.4, -0.2) is 23.6 Å². The van der Waals surface area contributed by atoms with Gasteiger partial charge in [0, 0.05) is 28.7 Å². The molecule has 1 aliphatic rings. The fraction of sp³-hybridized carbons (Fsp3) is 0.348. The Morgan fingerprint density at radius 2 is 1.66 bits per heavy atom. The van der Waals surface area contributed by atoms with E-state index in [1.807, 2.05) is 31.4 Å². The third kappa shape index (κ3) is 4.32. The van der Waals surface area contributed by atoms with Crippen LogP contribution in [0.15, 0.2) is 57.8 Å². The molecular formula is C23H23F2NO2S. The van der Waals surface area contributed by atoms with Gasteiger partial charge in [0.1, 0.15) is 5.58 Å². The topological polar surface area (TPSA) is 42.2 Å². The van der Waals surface area contributed by atoms with Gasteiger partial charge >= 0.3 is 0 Å². The first-order valence-corrected chi connectivity index (χ1v) is 10.9. The number of hydrogen-bond donors (Lipinski definition) is 1. The molecule has 0 atom stereocenters. The van der Waals surface area contributed by atoms with Gasteiger partial charge in [-0.25, -0.2) is 8.78 Å². The molecule has 2 aromatic carbocycles. The molecule has 6 heteroatoms. The molecule has 1 fully saturated rings. The van der Waals surface area contributed by atoms with E-state index >= 15 is 0 Å². The number of furan rings is 1. The molecule has 1 heterocycles. The van der Waals surface area contributed by atoms with Crippen molar-refractivity contribution in [2.45, 2.75) is 49.0 Å². The zero-order valence-electron chi connectivity index (χ0n) is 16.4. The number of carbonyl (C=O) groups excluding carboxylic acids is 1. The molecule has 0 unspecified atom stereocenters. The molecule has 1 saturated carbocycles. The molecule has 1 N–H and O–H groups in total. The van der Waals surface area contributed by atoms with Gasteiger partial charge in [0.05, 0.1) is 0 Å². The van der Waals surface area contributed by atoms with Gasteiger partial charge in [-0.05, 0) is 61.4 Å². The summed E-state index contributed by atoms with van der Waals surface area (Å²) in [6.45, 7) is 1.82. The van der Waals surface area contributed by atoms with Crippen molar-refractivity contribution in [3.63, 3.8) is 0 Å². The Morgan fingerprint density at radius 3 is 2.31 bits per heavy atom. The summed E-state index contributed by atoms with van der Waals surface area (Å²) in [6, 6.07) is 15.8. The van der Waals surface area contributed by atoms with Gasteiger partial charge in [-0.15, -0.1) is 11.8 Å². The van der Waals surface area contributed by atoms with E-state index in [4.69, 9.17) is 4.42 Å². The predicted octanol–water partition coefficient (Wildman–Crippen LogP) is 6.52. The number of fused-ring (bicyclic) bond motifs is 1. The number of rotatable bonds is 4. The molecule has 0 spiro atoms. The first kappa shape index (κ1) is 20.0. The predicted molar refractivity (Wildman–Crippen MR) is 113 cm³/mol. The number of hydrogen-bond acceptors (Lipinski definition) is 3. The summed E-state index contributed by atoms with van der Waals surface area (Å²) in [5.41, 5.74) is 2.07. The number of amides is 1. The van der Waals surface area contributed by atoms with Crippen molar-refractivity contribution in [3.8, 4) is 11.1 Å². The average Bonchev–Trinajstić information content (AvgIpc) is 3.14. The molecular weight excluding hydrogens is 392 g/mol. The zero-order valence-corrected chi connectivity index (χ0v) is 17.2. The van der Waals surface area contributed by atoms with Crippen LogP contribution in [0.5, 0.6) is 0 Å². The highest BCUT2D eigenvalue weighted by Crippen LogP contribution is 2.38. The summed E-state index contributed by atoms with van der Waals surface area (Å²) in [7, 11) is 0. The van der Waals surface area contributed by atoms with Crippen LogP contribution in [0.1, 0.15) is 43.2 Å². The van der Waals surface area contributed by atoms with E-state index in [-0.39, 0.29) is 37.4 Å². The molecule has 152 valence electrons. The molecule has 1 aliphatic carbocycles. The number of alkyl halides is 2. The monoisotopic (exact) mass is 415 g/mol. The van der Waals surface area contributed by atoms with Crippen molar-refractivity contribution in [3.05, 3.63) is 54.3 Å². The standard InChI is InChI=1S/C23H23F2NO2S/c1-22(9-11-23(24,25)12-10-22)26-21(27)20-14-17-4-3-16(13-19(17)28-20)15-5-7-18(29-2)8-6-15/h3-8,13-14H,9-12H2,1-2H3,(H,26,27). The fourth-order valence-electron chi connectivity index (χ4n) is 3.73. The van der Waals surface area contributed by atoms with Crippen molar-refractivity contribution in [2.75, 3.05) is 6.26 Å². The van der Waals surface area contributed by atoms with E-state index in [1.54, 1.807) is 17.8 Å². The molecule has 0 radical (unpaired) electrons. The number of thioether (sulfide) groups is 1. The van der Waals surface area contributed by atoms with Crippen molar-refractivity contribution < 1.29 is 18.0 Å². The second-order valence-corrected chi connectivity index (χ2v) is 8.84. The maximum Gasteiger partial charge on any atom is 0.287 e.